The summed E-state index contributed by atoms with van der Waals surface area (Å²) >= 11 is 0. The maximum Gasteiger partial charge on any atom is 0.152 e. The Labute approximate surface area is 107 Å². The molecule has 5 nitrogen and oxygen atoms in total. The van der Waals surface area contributed by atoms with E-state index in [2.05, 4.69) is 29.2 Å². The normalized spacial score (nSPS) is 11.9. The molecule has 0 bridgehead atoms. The highest BCUT2D eigenvalue weighted by Crippen LogP contribution is 2.26. The molecule has 0 radical (unpaired) electrons. The summed E-state index contributed by atoms with van der Waals surface area (Å²) in [5.74, 6) is 0.815. The topological polar surface area (TPSA) is 62.5 Å². The van der Waals surface area contributed by atoms with E-state index in [1.807, 2.05) is 12.3 Å². The number of fused-ring (bicyclic) bond motifs is 1. The third-order valence-electron chi connectivity index (χ3n) is 3.79. The fourth-order valence-corrected chi connectivity index (χ4v) is 2.04. The zero-order chi connectivity index (χ0) is 13.0. The van der Waals surface area contributed by atoms with Gasteiger partial charge in [-0.1, -0.05) is 13.8 Å². The van der Waals surface area contributed by atoms with Crippen molar-refractivity contribution in [1.29, 1.82) is 0 Å². The van der Waals surface area contributed by atoms with E-state index < -0.39 is 0 Å². The number of aromatic nitrogens is 3. The van der Waals surface area contributed by atoms with Gasteiger partial charge in [0.2, 0.25) is 0 Å². The van der Waals surface area contributed by atoms with Gasteiger partial charge in [0, 0.05) is 24.4 Å². The summed E-state index contributed by atoms with van der Waals surface area (Å²) in [6.07, 6.45) is 7.17. The quantitative estimate of drug-likeness (QED) is 0.820. The maximum absolute atomic E-state index is 9.55. The molecule has 0 unspecified atom stereocenters. The highest BCUT2D eigenvalue weighted by molar-refractivity contribution is 5.66. The molecule has 0 aliphatic heterocycles. The van der Waals surface area contributed by atoms with Gasteiger partial charge < -0.3 is 10.4 Å². The molecular weight excluding hydrogens is 228 g/mol. The predicted octanol–water partition coefficient (Wildman–Crippen LogP) is 1.94. The van der Waals surface area contributed by atoms with Gasteiger partial charge in [-0.2, -0.15) is 5.10 Å². The molecule has 0 atom stereocenters. The number of anilines is 1. The number of aliphatic hydroxyl groups is 1. The van der Waals surface area contributed by atoms with E-state index in [1.54, 1.807) is 16.9 Å². The molecule has 0 aromatic carbocycles. The van der Waals surface area contributed by atoms with E-state index >= 15 is 0 Å². The molecule has 0 spiro atoms. The van der Waals surface area contributed by atoms with Gasteiger partial charge in [0.25, 0.3) is 0 Å². The van der Waals surface area contributed by atoms with Crippen LogP contribution in [0.2, 0.25) is 0 Å². The summed E-state index contributed by atoms with van der Waals surface area (Å²) in [5, 5.41) is 17.1. The van der Waals surface area contributed by atoms with Crippen LogP contribution in [0.3, 0.4) is 0 Å². The minimum atomic E-state index is -0.0749. The van der Waals surface area contributed by atoms with Crippen LogP contribution in [0.15, 0.2) is 24.7 Å². The van der Waals surface area contributed by atoms with E-state index in [9.17, 15) is 5.11 Å². The van der Waals surface area contributed by atoms with Crippen LogP contribution < -0.4 is 5.32 Å². The van der Waals surface area contributed by atoms with Gasteiger partial charge in [-0.3, -0.25) is 0 Å². The summed E-state index contributed by atoms with van der Waals surface area (Å²) in [6.45, 7) is 5.12. The largest absolute Gasteiger partial charge is 0.396 e. The molecule has 2 heterocycles. The molecule has 2 aromatic rings. The first-order valence-electron chi connectivity index (χ1n) is 6.38. The van der Waals surface area contributed by atoms with Crippen LogP contribution in [-0.2, 0) is 0 Å². The van der Waals surface area contributed by atoms with Crippen LogP contribution in [0.5, 0.6) is 0 Å². The number of hydrogen-bond donors (Lipinski definition) is 2. The van der Waals surface area contributed by atoms with Crippen molar-refractivity contribution < 1.29 is 5.11 Å². The second-order valence-corrected chi connectivity index (χ2v) is 4.66. The van der Waals surface area contributed by atoms with Crippen LogP contribution in [0.4, 0.5) is 5.82 Å². The lowest BCUT2D eigenvalue weighted by Gasteiger charge is -2.29. The molecular formula is C13H20N4O. The predicted molar refractivity (Wildman–Crippen MR) is 71.6 cm³/mol. The van der Waals surface area contributed by atoms with Gasteiger partial charge in [-0.25, -0.2) is 9.50 Å². The number of aliphatic hydroxyl groups excluding tert-OH is 1. The van der Waals surface area contributed by atoms with Crippen molar-refractivity contribution in [2.45, 2.75) is 26.7 Å². The molecule has 0 fully saturated rings. The monoisotopic (exact) mass is 248 g/mol. The Morgan fingerprint density at radius 1 is 1.33 bits per heavy atom. The maximum atomic E-state index is 9.55. The van der Waals surface area contributed by atoms with Gasteiger partial charge in [0.15, 0.2) is 5.82 Å². The van der Waals surface area contributed by atoms with Gasteiger partial charge >= 0.3 is 0 Å². The molecule has 2 rings (SSSR count). The zero-order valence-electron chi connectivity index (χ0n) is 10.9. The lowest BCUT2D eigenvalue weighted by atomic mass is 9.83. The van der Waals surface area contributed by atoms with Crippen LogP contribution >= 0.6 is 0 Å². The van der Waals surface area contributed by atoms with E-state index in [0.29, 0.717) is 6.54 Å². The lowest BCUT2D eigenvalue weighted by molar-refractivity contribution is 0.127. The Bertz CT molecular complexity index is 496. The van der Waals surface area contributed by atoms with Gasteiger partial charge in [-0.05, 0) is 18.9 Å². The molecule has 0 amide bonds. The number of rotatable bonds is 6. The van der Waals surface area contributed by atoms with Crippen molar-refractivity contribution >= 4 is 11.3 Å². The minimum Gasteiger partial charge on any atom is -0.396 e. The average molecular weight is 248 g/mol. The van der Waals surface area contributed by atoms with Crippen LogP contribution in [0.25, 0.3) is 5.52 Å². The third-order valence-corrected chi connectivity index (χ3v) is 3.79. The number of nitrogens with one attached hydrogen (secondary N) is 1. The Morgan fingerprint density at radius 3 is 2.78 bits per heavy atom. The summed E-state index contributed by atoms with van der Waals surface area (Å²) in [7, 11) is 0. The third kappa shape index (κ3) is 2.31. The first-order chi connectivity index (χ1) is 8.74. The van der Waals surface area contributed by atoms with E-state index in [-0.39, 0.29) is 12.0 Å². The number of hydrogen-bond acceptors (Lipinski definition) is 4. The van der Waals surface area contributed by atoms with Gasteiger partial charge in [0.05, 0.1) is 12.8 Å². The standard InChI is InChI=1S/C13H20N4O/c1-3-13(4-2,10-18)9-15-12-11-5-6-16-17(11)8-7-14-12/h5-8,18H,3-4,9-10H2,1-2H3,(H,14,15). The highest BCUT2D eigenvalue weighted by atomic mass is 16.3. The van der Waals surface area contributed by atoms with Crippen LogP contribution in [0, 0.1) is 5.41 Å². The second kappa shape index (κ2) is 5.35. The lowest BCUT2D eigenvalue weighted by Crippen LogP contribution is -2.32. The van der Waals surface area contributed by atoms with Crippen LogP contribution in [-0.4, -0.2) is 32.9 Å². The molecule has 2 aromatic heterocycles. The Balaban J connectivity index is 2.17. The second-order valence-electron chi connectivity index (χ2n) is 4.66. The SMILES string of the molecule is CCC(CC)(CO)CNc1nccn2nccc12. The fraction of sp³-hybridized carbons (Fsp3) is 0.538. The molecule has 98 valence electrons. The summed E-state index contributed by atoms with van der Waals surface area (Å²) in [5.41, 5.74) is 0.880. The van der Waals surface area contributed by atoms with Crippen LogP contribution in [0.1, 0.15) is 26.7 Å². The Hall–Kier alpha value is -1.62. The Kier molecular flexibility index (Phi) is 3.81. The van der Waals surface area contributed by atoms with Crippen molar-refractivity contribution in [2.24, 2.45) is 5.41 Å². The molecule has 0 saturated carbocycles. The summed E-state index contributed by atoms with van der Waals surface area (Å²) in [6, 6.07) is 1.92. The molecule has 0 aliphatic rings. The average Bonchev–Trinajstić information content (AvgIpc) is 2.90. The first kappa shape index (κ1) is 12.8. The van der Waals surface area contributed by atoms with Gasteiger partial charge in [0.1, 0.15) is 5.52 Å². The van der Waals surface area contributed by atoms with Crippen molar-refractivity contribution in [3.63, 3.8) is 0 Å². The molecule has 0 aliphatic carbocycles. The highest BCUT2D eigenvalue weighted by Gasteiger charge is 2.25. The zero-order valence-corrected chi connectivity index (χ0v) is 10.9. The first-order valence-corrected chi connectivity index (χ1v) is 6.38. The van der Waals surface area contributed by atoms with E-state index in [0.717, 1.165) is 24.2 Å². The summed E-state index contributed by atoms with van der Waals surface area (Å²) in [4.78, 5) is 4.33. The number of nitrogens with zero attached hydrogens (tertiary/aromatic N) is 3. The minimum absolute atomic E-state index is 0.0749. The van der Waals surface area contributed by atoms with Crippen molar-refractivity contribution in [1.82, 2.24) is 14.6 Å². The van der Waals surface area contributed by atoms with Crippen molar-refractivity contribution in [3.8, 4) is 0 Å². The summed E-state index contributed by atoms with van der Waals surface area (Å²) < 4.78 is 1.79. The smallest absolute Gasteiger partial charge is 0.152 e. The molecule has 18 heavy (non-hydrogen) atoms. The molecule has 0 saturated heterocycles. The fourth-order valence-electron chi connectivity index (χ4n) is 2.04. The molecule has 5 heteroatoms. The van der Waals surface area contributed by atoms with E-state index in [4.69, 9.17) is 0 Å². The Morgan fingerprint density at radius 2 is 2.11 bits per heavy atom. The molecule has 2 N–H and O–H groups in total. The van der Waals surface area contributed by atoms with Crippen molar-refractivity contribution in [3.05, 3.63) is 24.7 Å². The van der Waals surface area contributed by atoms with Crippen molar-refractivity contribution in [2.75, 3.05) is 18.5 Å². The van der Waals surface area contributed by atoms with E-state index in [1.165, 1.54) is 0 Å². The van der Waals surface area contributed by atoms with Gasteiger partial charge in [-0.15, -0.1) is 0 Å².